The van der Waals surface area contributed by atoms with Crippen LogP contribution in [0.2, 0.25) is 0 Å². The number of benzene rings is 2. The van der Waals surface area contributed by atoms with E-state index in [9.17, 15) is 0 Å². The third-order valence-corrected chi connectivity index (χ3v) is 8.13. The maximum atomic E-state index is 6.28. The van der Waals surface area contributed by atoms with Crippen molar-refractivity contribution >= 4 is 18.2 Å². The molecule has 0 N–H and O–H groups in total. The van der Waals surface area contributed by atoms with Gasteiger partial charge in [0.1, 0.15) is 11.5 Å². The molecule has 0 aromatic heterocycles. The first-order valence-electron chi connectivity index (χ1n) is 17.6. The Morgan fingerprint density at radius 3 is 1.45 bits per heavy atom. The number of ether oxygens (including phenoxy) is 2. The quantitative estimate of drug-likeness (QED) is 0.0780. The number of hydrogen-bond acceptors (Lipinski definition) is 2. The van der Waals surface area contributed by atoms with Crippen LogP contribution in [-0.4, -0.2) is 13.2 Å². The van der Waals surface area contributed by atoms with Crippen LogP contribution >= 0.6 is 0 Å². The Balaban J connectivity index is 1.78. The second-order valence-corrected chi connectivity index (χ2v) is 12.0. The zero-order valence-electron chi connectivity index (χ0n) is 27.4. The highest BCUT2D eigenvalue weighted by atomic mass is 16.5. The Bertz CT molecular complexity index is 943. The highest BCUT2D eigenvalue weighted by Gasteiger charge is 2.05. The normalized spacial score (nSPS) is 11.3. The van der Waals surface area contributed by atoms with E-state index in [0.29, 0.717) is 0 Å². The molecule has 0 aliphatic heterocycles. The van der Waals surface area contributed by atoms with Crippen molar-refractivity contribution in [3.05, 3.63) is 65.7 Å². The van der Waals surface area contributed by atoms with Gasteiger partial charge in [0.25, 0.3) is 0 Å². The van der Waals surface area contributed by atoms with Crippen LogP contribution in [-0.2, 0) is 0 Å². The van der Waals surface area contributed by atoms with E-state index in [2.05, 4.69) is 75.0 Å². The third-order valence-electron chi connectivity index (χ3n) is 8.13. The molecule has 0 spiro atoms. The average molecular weight is 575 g/mol. The summed E-state index contributed by atoms with van der Waals surface area (Å²) in [5, 5.41) is 0. The summed E-state index contributed by atoms with van der Waals surface area (Å²) in [5.74, 6) is 1.87. The van der Waals surface area contributed by atoms with E-state index in [1.165, 1.54) is 116 Å². The summed E-state index contributed by atoms with van der Waals surface area (Å²) in [5.41, 5.74) is 3.38. The predicted molar refractivity (Wildman–Crippen MR) is 187 cm³/mol. The third kappa shape index (κ3) is 17.5. The minimum Gasteiger partial charge on any atom is -0.494 e. The van der Waals surface area contributed by atoms with E-state index in [0.717, 1.165) is 54.2 Å². The SMILES string of the molecule is C=Cc1ccc(C=Cc2cc(OCCCCCCCCCCCC)ccc2OCCCCCCCCCCCC)cc1. The van der Waals surface area contributed by atoms with E-state index in [-0.39, 0.29) is 0 Å². The van der Waals surface area contributed by atoms with Gasteiger partial charge < -0.3 is 9.47 Å². The highest BCUT2D eigenvalue weighted by molar-refractivity contribution is 5.73. The first kappa shape index (κ1) is 35.7. The van der Waals surface area contributed by atoms with Gasteiger partial charge in [0.15, 0.2) is 0 Å². The molecule has 0 bridgehead atoms. The van der Waals surface area contributed by atoms with Crippen LogP contribution in [0.15, 0.2) is 49.0 Å². The van der Waals surface area contributed by atoms with Crippen molar-refractivity contribution < 1.29 is 9.47 Å². The molecule has 0 heterocycles. The predicted octanol–water partition coefficient (Wildman–Crippen LogP) is 13.1. The molecule has 2 rings (SSSR count). The van der Waals surface area contributed by atoms with Crippen LogP contribution in [0.25, 0.3) is 18.2 Å². The zero-order chi connectivity index (χ0) is 29.9. The largest absolute Gasteiger partial charge is 0.494 e. The van der Waals surface area contributed by atoms with Crippen molar-refractivity contribution in [3.8, 4) is 11.5 Å². The van der Waals surface area contributed by atoms with Gasteiger partial charge in [0.05, 0.1) is 13.2 Å². The monoisotopic (exact) mass is 574 g/mol. The zero-order valence-corrected chi connectivity index (χ0v) is 27.4. The van der Waals surface area contributed by atoms with Crippen LogP contribution in [0.1, 0.15) is 159 Å². The lowest BCUT2D eigenvalue weighted by molar-refractivity contribution is 0.295. The molecule has 0 saturated carbocycles. The summed E-state index contributed by atoms with van der Waals surface area (Å²) in [6.45, 7) is 9.97. The van der Waals surface area contributed by atoms with E-state index in [1.807, 2.05) is 6.08 Å². The number of rotatable bonds is 27. The fourth-order valence-electron chi connectivity index (χ4n) is 5.36. The summed E-state index contributed by atoms with van der Waals surface area (Å²) in [7, 11) is 0. The van der Waals surface area contributed by atoms with Gasteiger partial charge in [0.2, 0.25) is 0 Å². The van der Waals surface area contributed by atoms with Crippen molar-refractivity contribution in [2.45, 2.75) is 142 Å². The smallest absolute Gasteiger partial charge is 0.126 e. The summed E-state index contributed by atoms with van der Waals surface area (Å²) >= 11 is 0. The van der Waals surface area contributed by atoms with E-state index in [1.54, 1.807) is 0 Å². The van der Waals surface area contributed by atoms with Crippen molar-refractivity contribution in [1.29, 1.82) is 0 Å². The summed E-state index contributed by atoms with van der Waals surface area (Å²) in [4.78, 5) is 0. The van der Waals surface area contributed by atoms with Crippen LogP contribution in [0.5, 0.6) is 11.5 Å². The number of hydrogen-bond donors (Lipinski definition) is 0. The topological polar surface area (TPSA) is 18.5 Å². The van der Waals surface area contributed by atoms with Crippen LogP contribution in [0.4, 0.5) is 0 Å². The van der Waals surface area contributed by atoms with E-state index < -0.39 is 0 Å². The molecule has 42 heavy (non-hydrogen) atoms. The molecule has 2 aromatic rings. The highest BCUT2D eigenvalue weighted by Crippen LogP contribution is 2.27. The van der Waals surface area contributed by atoms with Gasteiger partial charge in [-0.05, 0) is 42.2 Å². The van der Waals surface area contributed by atoms with Crippen molar-refractivity contribution in [2.75, 3.05) is 13.2 Å². The summed E-state index contributed by atoms with van der Waals surface area (Å²) in [6, 6.07) is 14.7. The van der Waals surface area contributed by atoms with Gasteiger partial charge in [-0.3, -0.25) is 0 Å². The Morgan fingerprint density at radius 2 is 0.952 bits per heavy atom. The van der Waals surface area contributed by atoms with Crippen LogP contribution in [0, 0.1) is 0 Å². The molecular weight excluding hydrogens is 512 g/mol. The second kappa shape index (κ2) is 25.1. The molecule has 0 unspecified atom stereocenters. The molecule has 0 radical (unpaired) electrons. The Kier molecular flexibility index (Phi) is 21.3. The summed E-state index contributed by atoms with van der Waals surface area (Å²) in [6.07, 6.45) is 32.9. The van der Waals surface area contributed by atoms with Gasteiger partial charge in [0, 0.05) is 5.56 Å². The lowest BCUT2D eigenvalue weighted by Gasteiger charge is -2.12. The Morgan fingerprint density at radius 1 is 0.500 bits per heavy atom. The van der Waals surface area contributed by atoms with Crippen molar-refractivity contribution in [1.82, 2.24) is 0 Å². The fourth-order valence-corrected chi connectivity index (χ4v) is 5.36. The van der Waals surface area contributed by atoms with Gasteiger partial charge in [-0.1, -0.05) is 178 Å². The van der Waals surface area contributed by atoms with Gasteiger partial charge in [-0.25, -0.2) is 0 Å². The van der Waals surface area contributed by atoms with Crippen molar-refractivity contribution in [2.24, 2.45) is 0 Å². The maximum absolute atomic E-state index is 6.28. The van der Waals surface area contributed by atoms with E-state index in [4.69, 9.17) is 9.47 Å². The molecule has 0 fully saturated rings. The standard InChI is InChI=1S/C40H62O2/c1-4-7-9-11-13-15-17-19-21-23-33-41-39-31-32-40(42-34-24-22-20-18-16-14-12-10-8-5-2)38(35-39)30-29-37-27-25-36(6-3)26-28-37/h6,25-32,35H,3-5,7-24,33-34H2,1-2H3. The minimum atomic E-state index is 0.768. The van der Waals surface area contributed by atoms with E-state index >= 15 is 0 Å². The van der Waals surface area contributed by atoms with Crippen LogP contribution in [0.3, 0.4) is 0 Å². The molecule has 0 saturated heterocycles. The summed E-state index contributed by atoms with van der Waals surface area (Å²) < 4.78 is 12.4. The number of unbranched alkanes of at least 4 members (excludes halogenated alkanes) is 18. The molecular formula is C40H62O2. The molecule has 2 nitrogen and oxygen atoms in total. The van der Waals surface area contributed by atoms with Gasteiger partial charge >= 0.3 is 0 Å². The molecule has 0 aliphatic rings. The van der Waals surface area contributed by atoms with Crippen molar-refractivity contribution in [3.63, 3.8) is 0 Å². The molecule has 0 amide bonds. The molecule has 0 aliphatic carbocycles. The van der Waals surface area contributed by atoms with Gasteiger partial charge in [-0.2, -0.15) is 0 Å². The van der Waals surface area contributed by atoms with Gasteiger partial charge in [-0.15, -0.1) is 0 Å². The first-order chi connectivity index (χ1) is 20.8. The first-order valence-corrected chi connectivity index (χ1v) is 17.6. The molecule has 2 heteroatoms. The lowest BCUT2D eigenvalue weighted by Crippen LogP contribution is -2.01. The van der Waals surface area contributed by atoms with Crippen LogP contribution < -0.4 is 9.47 Å². The molecule has 2 aromatic carbocycles. The second-order valence-electron chi connectivity index (χ2n) is 12.0. The maximum Gasteiger partial charge on any atom is 0.126 e. The Hall–Kier alpha value is -2.48. The fraction of sp³-hybridized carbons (Fsp3) is 0.600. The lowest BCUT2D eigenvalue weighted by atomic mass is 10.1. The Labute approximate surface area is 260 Å². The molecule has 0 atom stereocenters. The minimum absolute atomic E-state index is 0.768. The average Bonchev–Trinajstić information content (AvgIpc) is 3.02. The molecule has 234 valence electrons.